The minimum absolute atomic E-state index is 0.0203. The van der Waals surface area contributed by atoms with Gasteiger partial charge < -0.3 is 31.5 Å². The molecule has 1 fully saturated rings. The van der Waals surface area contributed by atoms with E-state index >= 15 is 0 Å². The number of carbonyl (C=O) groups excluding carboxylic acids is 7. The zero-order valence-corrected chi connectivity index (χ0v) is 34.5. The van der Waals surface area contributed by atoms with Crippen LogP contribution in [-0.2, 0) is 54.6 Å². The molecule has 3 atom stereocenters. The Balaban J connectivity index is 1.33. The first kappa shape index (κ1) is 43.7. The maximum atomic E-state index is 14.8. The Kier molecular flexibility index (Phi) is 14.6. The standard InChI is InChI=1S/C48H52N6O7/c1-32(55)35-17-19-37(20-18-35)36-15-13-33(14-16-36)27-41-46(60)51-30-39-12-7-6-11-38(39)28-43(57)52-40(45(59)49-2)23-25-50-42(56)21-22-44(58)54-26-8-24-48(31-54,47(61)53-41)29-34-9-4-3-5-10-34/h3-7,9-22,40-41H,8,23-31H2,1-2H3,(H,49,59)(H,50,56)(H,51,60)(H,52,57)(H,53,61)/b22-21+/t40-,41-,48-/m0/s1. The highest BCUT2D eigenvalue weighted by Crippen LogP contribution is 2.35. The first-order chi connectivity index (χ1) is 29.4. The summed E-state index contributed by atoms with van der Waals surface area (Å²) in [5, 5.41) is 14.1. The topological polar surface area (TPSA) is 183 Å². The fourth-order valence-corrected chi connectivity index (χ4v) is 7.92. The van der Waals surface area contributed by atoms with Crippen molar-refractivity contribution in [2.24, 2.45) is 5.41 Å². The van der Waals surface area contributed by atoms with E-state index in [2.05, 4.69) is 26.6 Å². The van der Waals surface area contributed by atoms with E-state index < -0.39 is 47.0 Å². The molecule has 0 unspecified atom stereocenters. The molecule has 13 nitrogen and oxygen atoms in total. The fourth-order valence-electron chi connectivity index (χ4n) is 7.92. The van der Waals surface area contributed by atoms with Gasteiger partial charge in [0.25, 0.3) is 0 Å². The van der Waals surface area contributed by atoms with Crippen molar-refractivity contribution >= 4 is 41.2 Å². The van der Waals surface area contributed by atoms with Gasteiger partial charge in [0.15, 0.2) is 5.78 Å². The molecule has 0 aliphatic carbocycles. The molecule has 4 aromatic rings. The number of carbonyl (C=O) groups is 7. The third-order valence-corrected chi connectivity index (χ3v) is 11.3. The summed E-state index contributed by atoms with van der Waals surface area (Å²) in [6, 6.07) is 29.7. The average molecular weight is 825 g/mol. The van der Waals surface area contributed by atoms with E-state index in [0.29, 0.717) is 42.5 Å². The van der Waals surface area contributed by atoms with Crippen LogP contribution in [0.2, 0.25) is 0 Å². The van der Waals surface area contributed by atoms with Crippen LogP contribution in [0.5, 0.6) is 0 Å². The maximum Gasteiger partial charge on any atom is 0.246 e. The van der Waals surface area contributed by atoms with Crippen LogP contribution < -0.4 is 26.6 Å². The molecule has 6 amide bonds. The molecule has 5 N–H and O–H groups in total. The summed E-state index contributed by atoms with van der Waals surface area (Å²) in [6.45, 7) is 2.05. The number of nitrogens with one attached hydrogen (secondary N) is 5. The Morgan fingerprint density at radius 2 is 1.44 bits per heavy atom. The normalized spacial score (nSPS) is 21.2. The lowest BCUT2D eigenvalue weighted by atomic mass is 9.74. The minimum Gasteiger partial charge on any atom is -0.357 e. The number of benzene rings is 4. The monoisotopic (exact) mass is 824 g/mol. The molecule has 4 aromatic carbocycles. The number of fused-ring (bicyclic) bond motifs is 3. The molecule has 2 bridgehead atoms. The van der Waals surface area contributed by atoms with Crippen LogP contribution >= 0.6 is 0 Å². The van der Waals surface area contributed by atoms with Gasteiger partial charge in [-0.25, -0.2) is 0 Å². The number of Topliss-reactive ketones (excluding diaryl/α,β-unsaturated/α-hetero) is 1. The SMILES string of the molecule is CNC(=O)[C@@H]1CCNC(=O)/C=C/C(=O)N2CCC[C@](Cc3ccccc3)(C2)C(=O)N[C@@H](Cc2ccc(-c3ccc(C(C)=O)cc3)cc2)C(=O)NCc2ccccc2CC(=O)N1. The molecule has 0 aromatic heterocycles. The van der Waals surface area contributed by atoms with Crippen LogP contribution in [0, 0.1) is 5.41 Å². The Morgan fingerprint density at radius 1 is 0.770 bits per heavy atom. The molecule has 316 valence electrons. The van der Waals surface area contributed by atoms with E-state index in [9.17, 15) is 33.6 Å². The van der Waals surface area contributed by atoms with Crippen molar-refractivity contribution in [3.8, 4) is 11.1 Å². The van der Waals surface area contributed by atoms with E-state index in [1.807, 2.05) is 66.7 Å². The molecule has 2 aliphatic rings. The second kappa shape index (κ2) is 20.4. The van der Waals surface area contributed by atoms with Gasteiger partial charge in [0.2, 0.25) is 35.4 Å². The largest absolute Gasteiger partial charge is 0.357 e. The molecule has 61 heavy (non-hydrogen) atoms. The second-order valence-corrected chi connectivity index (χ2v) is 15.7. The highest BCUT2D eigenvalue weighted by atomic mass is 16.2. The molecule has 1 saturated heterocycles. The number of rotatable bonds is 7. The van der Waals surface area contributed by atoms with Crippen LogP contribution in [0.15, 0.2) is 115 Å². The van der Waals surface area contributed by atoms with Crippen molar-refractivity contribution in [3.63, 3.8) is 0 Å². The third-order valence-electron chi connectivity index (χ3n) is 11.3. The molecular weight excluding hydrogens is 773 g/mol. The van der Waals surface area contributed by atoms with Gasteiger partial charge in [0.05, 0.1) is 11.8 Å². The number of piperidine rings is 1. The minimum atomic E-state index is -1.11. The Hall–Kier alpha value is -6.89. The van der Waals surface area contributed by atoms with Gasteiger partial charge in [-0.1, -0.05) is 103 Å². The van der Waals surface area contributed by atoms with Crippen LogP contribution in [-0.4, -0.2) is 84.9 Å². The summed E-state index contributed by atoms with van der Waals surface area (Å²) in [5.41, 5.74) is 4.34. The van der Waals surface area contributed by atoms with Gasteiger partial charge in [-0.2, -0.15) is 0 Å². The lowest BCUT2D eigenvalue weighted by Crippen LogP contribution is -2.58. The van der Waals surface area contributed by atoms with Gasteiger partial charge in [-0.3, -0.25) is 33.6 Å². The Morgan fingerprint density at radius 3 is 2.13 bits per heavy atom. The number of likely N-dealkylation sites (N-methyl/N-ethyl adjacent to an activating group) is 1. The summed E-state index contributed by atoms with van der Waals surface area (Å²) >= 11 is 0. The van der Waals surface area contributed by atoms with Crippen molar-refractivity contribution in [3.05, 3.63) is 143 Å². The third kappa shape index (κ3) is 11.7. The van der Waals surface area contributed by atoms with Crippen LogP contribution in [0.4, 0.5) is 0 Å². The molecule has 13 heteroatoms. The Labute approximate surface area is 355 Å². The average Bonchev–Trinajstić information content (AvgIpc) is 3.27. The van der Waals surface area contributed by atoms with E-state index in [4.69, 9.17) is 0 Å². The molecule has 0 saturated carbocycles. The number of ketones is 1. The molecule has 2 aliphatic heterocycles. The second-order valence-electron chi connectivity index (χ2n) is 15.7. The summed E-state index contributed by atoms with van der Waals surface area (Å²) < 4.78 is 0. The van der Waals surface area contributed by atoms with Crippen molar-refractivity contribution in [1.29, 1.82) is 0 Å². The van der Waals surface area contributed by atoms with Crippen LogP contribution in [0.25, 0.3) is 11.1 Å². The number of nitrogens with zero attached hydrogens (tertiary/aromatic N) is 1. The van der Waals surface area contributed by atoms with E-state index in [1.54, 1.807) is 41.3 Å². The van der Waals surface area contributed by atoms with E-state index in [0.717, 1.165) is 28.3 Å². The highest BCUT2D eigenvalue weighted by Gasteiger charge is 2.44. The van der Waals surface area contributed by atoms with Gasteiger partial charge in [-0.05, 0) is 66.0 Å². The number of amides is 6. The van der Waals surface area contributed by atoms with Gasteiger partial charge in [0.1, 0.15) is 12.1 Å². The molecule has 0 spiro atoms. The summed E-state index contributed by atoms with van der Waals surface area (Å²) in [7, 11) is 1.46. The van der Waals surface area contributed by atoms with Gasteiger partial charge in [-0.15, -0.1) is 0 Å². The Bertz CT molecular complexity index is 2280. The van der Waals surface area contributed by atoms with Crippen molar-refractivity contribution in [2.75, 3.05) is 26.7 Å². The first-order valence-electron chi connectivity index (χ1n) is 20.6. The number of hydrogen-bond acceptors (Lipinski definition) is 7. The lowest BCUT2D eigenvalue weighted by molar-refractivity contribution is -0.141. The first-order valence-corrected chi connectivity index (χ1v) is 20.6. The fraction of sp³-hybridized carbons (Fsp3) is 0.312. The van der Waals surface area contributed by atoms with Crippen LogP contribution in [0.3, 0.4) is 0 Å². The van der Waals surface area contributed by atoms with Crippen molar-refractivity contribution in [1.82, 2.24) is 31.5 Å². The summed E-state index contributed by atoms with van der Waals surface area (Å²) in [4.78, 5) is 95.0. The summed E-state index contributed by atoms with van der Waals surface area (Å²) in [6.07, 6.45) is 3.73. The maximum absolute atomic E-state index is 14.8. The zero-order chi connectivity index (χ0) is 43.4. The van der Waals surface area contributed by atoms with Crippen molar-refractivity contribution in [2.45, 2.75) is 64.1 Å². The smallest absolute Gasteiger partial charge is 0.246 e. The lowest BCUT2D eigenvalue weighted by Gasteiger charge is -2.42. The van der Waals surface area contributed by atoms with Crippen LogP contribution in [0.1, 0.15) is 58.8 Å². The molecule has 2 heterocycles. The van der Waals surface area contributed by atoms with Gasteiger partial charge >= 0.3 is 0 Å². The number of hydrogen-bond donors (Lipinski definition) is 5. The predicted octanol–water partition coefficient (Wildman–Crippen LogP) is 3.60. The van der Waals surface area contributed by atoms with E-state index in [1.165, 1.54) is 20.0 Å². The van der Waals surface area contributed by atoms with Gasteiger partial charge in [0, 0.05) is 57.4 Å². The quantitative estimate of drug-likeness (QED) is 0.177. The molecule has 6 rings (SSSR count). The summed E-state index contributed by atoms with van der Waals surface area (Å²) in [5.74, 6) is -2.69. The zero-order valence-electron chi connectivity index (χ0n) is 34.5. The molecular formula is C48H52N6O7. The van der Waals surface area contributed by atoms with Crippen molar-refractivity contribution < 1.29 is 33.6 Å². The molecule has 0 radical (unpaired) electrons. The van der Waals surface area contributed by atoms with E-state index in [-0.39, 0.29) is 50.6 Å². The highest BCUT2D eigenvalue weighted by molar-refractivity contribution is 5.98. The predicted molar refractivity (Wildman–Crippen MR) is 231 cm³/mol.